The Morgan fingerprint density at radius 1 is 1.04 bits per heavy atom. The third kappa shape index (κ3) is 2.91. The molecule has 0 saturated carbocycles. The van der Waals surface area contributed by atoms with E-state index >= 15 is 0 Å². The molecule has 2 rings (SSSR count). The molecule has 0 unspecified atom stereocenters. The second kappa shape index (κ2) is 5.66. The number of benzene rings is 2. The molecule has 0 spiro atoms. The minimum absolute atomic E-state index is 0.0882. The minimum Gasteiger partial charge on any atom is -0.507 e. The standard InChI is InChI=1S/C12H13N3O7S2/c1-5-7(23(17,18)19)3-6-4-8(24(20,21)22)11(15-14-2)10(13)9(6)12(5)16/h3-4,16H,13H2,1-2H3,(H,17,18,19)(H,20,21,22). The fourth-order valence-electron chi connectivity index (χ4n) is 2.29. The van der Waals surface area contributed by atoms with Crippen LogP contribution in [0.5, 0.6) is 5.75 Å². The Hall–Kier alpha value is -2.28. The molecule has 5 N–H and O–H groups in total. The van der Waals surface area contributed by atoms with Gasteiger partial charge in [0.05, 0.1) is 5.69 Å². The molecule has 10 nitrogen and oxygen atoms in total. The number of aromatic hydroxyl groups is 1. The largest absolute Gasteiger partial charge is 0.507 e. The van der Waals surface area contributed by atoms with Gasteiger partial charge in [0, 0.05) is 18.0 Å². The highest BCUT2D eigenvalue weighted by Crippen LogP contribution is 2.44. The second-order valence-electron chi connectivity index (χ2n) is 4.83. The lowest BCUT2D eigenvalue weighted by molar-refractivity contribution is 0.466. The summed E-state index contributed by atoms with van der Waals surface area (Å²) in [4.78, 5) is -1.35. The highest BCUT2D eigenvalue weighted by atomic mass is 32.2. The average Bonchev–Trinajstić information content (AvgIpc) is 2.42. The van der Waals surface area contributed by atoms with Crippen molar-refractivity contribution >= 4 is 42.4 Å². The van der Waals surface area contributed by atoms with Gasteiger partial charge in [0.2, 0.25) is 0 Å². The van der Waals surface area contributed by atoms with E-state index in [4.69, 9.17) is 5.73 Å². The Balaban J connectivity index is 3.15. The number of phenols is 1. The Morgan fingerprint density at radius 3 is 2.00 bits per heavy atom. The zero-order valence-corrected chi connectivity index (χ0v) is 14.1. The van der Waals surface area contributed by atoms with Gasteiger partial charge in [-0.2, -0.15) is 27.1 Å². The predicted molar refractivity (Wildman–Crippen MR) is 84.8 cm³/mol. The van der Waals surface area contributed by atoms with E-state index in [1.54, 1.807) is 0 Å². The molecule has 12 heteroatoms. The van der Waals surface area contributed by atoms with Crippen LogP contribution < -0.4 is 5.73 Å². The Kier molecular flexibility index (Phi) is 4.26. The quantitative estimate of drug-likeness (QED) is 0.355. The number of nitrogens with zero attached hydrogens (tertiary/aromatic N) is 2. The molecule has 0 saturated heterocycles. The van der Waals surface area contributed by atoms with Crippen molar-refractivity contribution in [2.45, 2.75) is 16.7 Å². The highest BCUT2D eigenvalue weighted by Gasteiger charge is 2.25. The van der Waals surface area contributed by atoms with Gasteiger partial charge in [0.25, 0.3) is 20.2 Å². The summed E-state index contributed by atoms with van der Waals surface area (Å²) >= 11 is 0. The van der Waals surface area contributed by atoms with Crippen LogP contribution in [-0.2, 0) is 20.2 Å². The number of rotatable bonds is 3. The van der Waals surface area contributed by atoms with Crippen LogP contribution in [0.4, 0.5) is 11.4 Å². The van der Waals surface area contributed by atoms with Crippen LogP contribution in [0.3, 0.4) is 0 Å². The van der Waals surface area contributed by atoms with E-state index in [9.17, 15) is 31.0 Å². The fourth-order valence-corrected chi connectivity index (χ4v) is 3.72. The molecule has 0 aliphatic heterocycles. The molecule has 0 aliphatic carbocycles. The summed E-state index contributed by atoms with van der Waals surface area (Å²) in [6.07, 6.45) is 0. The van der Waals surface area contributed by atoms with Crippen LogP contribution in [0.2, 0.25) is 0 Å². The van der Waals surface area contributed by atoms with Gasteiger partial charge < -0.3 is 10.8 Å². The van der Waals surface area contributed by atoms with Crippen LogP contribution >= 0.6 is 0 Å². The third-order valence-corrected chi connectivity index (χ3v) is 5.18. The minimum atomic E-state index is -4.77. The van der Waals surface area contributed by atoms with Crippen LogP contribution in [0, 0.1) is 6.92 Å². The van der Waals surface area contributed by atoms with Gasteiger partial charge in [-0.3, -0.25) is 9.11 Å². The molecule has 0 aromatic heterocycles. The summed E-state index contributed by atoms with van der Waals surface area (Å²) in [5.41, 5.74) is 4.92. The first kappa shape index (κ1) is 18.1. The molecule has 0 fully saturated rings. The van der Waals surface area contributed by atoms with Gasteiger partial charge in [-0.05, 0) is 24.4 Å². The summed E-state index contributed by atoms with van der Waals surface area (Å²) in [5.74, 6) is -0.577. The summed E-state index contributed by atoms with van der Waals surface area (Å²) in [6.45, 7) is 1.23. The normalized spacial score (nSPS) is 13.0. The summed E-state index contributed by atoms with van der Waals surface area (Å²) in [7, 11) is -8.21. The second-order valence-corrected chi connectivity index (χ2v) is 7.61. The van der Waals surface area contributed by atoms with E-state index in [1.807, 2.05) is 0 Å². The molecule has 0 heterocycles. The molecular weight excluding hydrogens is 362 g/mol. The van der Waals surface area contributed by atoms with E-state index in [-0.39, 0.29) is 22.0 Å². The molecule has 0 bridgehead atoms. The fraction of sp³-hybridized carbons (Fsp3) is 0.167. The van der Waals surface area contributed by atoms with Crippen molar-refractivity contribution in [3.05, 3.63) is 17.7 Å². The van der Waals surface area contributed by atoms with E-state index in [2.05, 4.69) is 10.2 Å². The van der Waals surface area contributed by atoms with Crippen molar-refractivity contribution in [2.75, 3.05) is 12.8 Å². The Morgan fingerprint density at radius 2 is 1.54 bits per heavy atom. The van der Waals surface area contributed by atoms with Crippen molar-refractivity contribution < 1.29 is 31.0 Å². The van der Waals surface area contributed by atoms with E-state index in [1.165, 1.54) is 14.0 Å². The van der Waals surface area contributed by atoms with Crippen LogP contribution in [0.25, 0.3) is 10.8 Å². The third-order valence-electron chi connectivity index (χ3n) is 3.34. The lowest BCUT2D eigenvalue weighted by atomic mass is 10.0. The molecule has 2 aromatic carbocycles. The van der Waals surface area contributed by atoms with E-state index < -0.39 is 41.5 Å². The highest BCUT2D eigenvalue weighted by molar-refractivity contribution is 7.86. The van der Waals surface area contributed by atoms with Gasteiger partial charge >= 0.3 is 0 Å². The summed E-state index contributed by atoms with van der Waals surface area (Å²) in [5, 5.41) is 17.0. The van der Waals surface area contributed by atoms with Crippen LogP contribution in [0.1, 0.15) is 5.56 Å². The SMILES string of the molecule is CN=Nc1c(S(=O)(=O)O)cc2cc(S(=O)(=O)O)c(C)c(O)c2c1N. The molecule has 24 heavy (non-hydrogen) atoms. The van der Waals surface area contributed by atoms with Crippen molar-refractivity contribution in [1.29, 1.82) is 0 Å². The van der Waals surface area contributed by atoms with E-state index in [0.29, 0.717) is 0 Å². The number of nitrogens with two attached hydrogens (primary N) is 1. The number of azo groups is 1. The number of anilines is 1. The predicted octanol–water partition coefficient (Wildman–Crippen LogP) is 1.64. The number of nitrogen functional groups attached to an aromatic ring is 1. The van der Waals surface area contributed by atoms with Gasteiger partial charge in [-0.1, -0.05) is 0 Å². The zero-order chi connectivity index (χ0) is 18.4. The van der Waals surface area contributed by atoms with Crippen molar-refractivity contribution in [3.63, 3.8) is 0 Å². The molecule has 0 aliphatic rings. The molecular formula is C12H13N3O7S2. The number of phenolic OH excluding ortho intramolecular Hbond substituents is 1. The maximum absolute atomic E-state index is 11.5. The lowest BCUT2D eigenvalue weighted by Crippen LogP contribution is -2.05. The molecule has 0 atom stereocenters. The lowest BCUT2D eigenvalue weighted by Gasteiger charge is -2.14. The molecule has 0 amide bonds. The average molecular weight is 375 g/mol. The first-order valence-electron chi connectivity index (χ1n) is 6.23. The van der Waals surface area contributed by atoms with Crippen molar-refractivity contribution in [3.8, 4) is 5.75 Å². The smallest absolute Gasteiger partial charge is 0.296 e. The van der Waals surface area contributed by atoms with Gasteiger partial charge in [0.15, 0.2) is 0 Å². The van der Waals surface area contributed by atoms with Gasteiger partial charge in [-0.15, -0.1) is 0 Å². The molecule has 2 aromatic rings. The summed E-state index contributed by atoms with van der Waals surface area (Å²) < 4.78 is 64.4. The summed E-state index contributed by atoms with van der Waals surface area (Å²) in [6, 6.07) is 1.80. The van der Waals surface area contributed by atoms with Gasteiger partial charge in [0.1, 0.15) is 21.2 Å². The first-order chi connectivity index (χ1) is 10.9. The van der Waals surface area contributed by atoms with Gasteiger partial charge in [-0.25, -0.2) is 0 Å². The Bertz CT molecular complexity index is 1090. The van der Waals surface area contributed by atoms with E-state index in [0.717, 1.165) is 12.1 Å². The van der Waals surface area contributed by atoms with Crippen molar-refractivity contribution in [1.82, 2.24) is 0 Å². The monoisotopic (exact) mass is 375 g/mol. The Labute approximate surface area is 137 Å². The van der Waals surface area contributed by atoms with Crippen LogP contribution in [-0.4, -0.2) is 38.1 Å². The number of hydrogen-bond donors (Lipinski definition) is 4. The maximum Gasteiger partial charge on any atom is 0.296 e. The zero-order valence-electron chi connectivity index (χ0n) is 12.4. The maximum atomic E-state index is 11.5. The first-order valence-corrected chi connectivity index (χ1v) is 9.11. The number of fused-ring (bicyclic) bond motifs is 1. The topological polar surface area (TPSA) is 180 Å². The number of hydrogen-bond acceptors (Lipinski definition) is 8. The molecule has 0 radical (unpaired) electrons. The van der Waals surface area contributed by atoms with Crippen molar-refractivity contribution in [2.24, 2.45) is 10.2 Å². The van der Waals surface area contributed by atoms with Crippen LogP contribution in [0.15, 0.2) is 32.2 Å². The molecule has 130 valence electrons.